The van der Waals surface area contributed by atoms with Crippen LogP contribution < -0.4 is 4.90 Å². The number of halogens is 1. The molecular formula is C16H22BrNO4. The Kier molecular flexibility index (Phi) is 7.03. The highest BCUT2D eigenvalue weighted by Crippen LogP contribution is 2.30. The predicted molar refractivity (Wildman–Crippen MR) is 89.1 cm³/mol. The number of carbonyl (C=O) groups excluding carboxylic acids is 2. The summed E-state index contributed by atoms with van der Waals surface area (Å²) in [7, 11) is 1.31. The van der Waals surface area contributed by atoms with Gasteiger partial charge in [0.2, 0.25) is 0 Å². The van der Waals surface area contributed by atoms with Crippen LogP contribution in [-0.2, 0) is 19.1 Å². The molecule has 0 aliphatic carbocycles. The van der Waals surface area contributed by atoms with Crippen molar-refractivity contribution in [3.8, 4) is 0 Å². The van der Waals surface area contributed by atoms with Gasteiger partial charge in [0.05, 0.1) is 12.8 Å². The number of hydrogen-bond donors (Lipinski definition) is 0. The van der Waals surface area contributed by atoms with E-state index in [1.165, 1.54) is 12.0 Å². The van der Waals surface area contributed by atoms with Crippen molar-refractivity contribution in [3.63, 3.8) is 0 Å². The molecule has 5 nitrogen and oxygen atoms in total. The molecule has 0 saturated carbocycles. The molecular weight excluding hydrogens is 350 g/mol. The molecule has 22 heavy (non-hydrogen) atoms. The molecule has 0 fully saturated rings. The summed E-state index contributed by atoms with van der Waals surface area (Å²) in [5.74, 6) is -0.736. The highest BCUT2D eigenvalue weighted by molar-refractivity contribution is 9.10. The molecule has 1 amide bonds. The van der Waals surface area contributed by atoms with Crippen LogP contribution in [0.1, 0.15) is 25.0 Å². The number of hydrogen-bond acceptors (Lipinski definition) is 4. The molecule has 0 aromatic heterocycles. The SMILES string of the molecule is CCOCC(=O)N(c1c(C)cc(Br)cc1C)C(C)C(=O)OC. The molecule has 0 bridgehead atoms. The molecule has 1 unspecified atom stereocenters. The summed E-state index contributed by atoms with van der Waals surface area (Å²) in [6.45, 7) is 7.63. The third-order valence-corrected chi connectivity index (χ3v) is 3.78. The van der Waals surface area contributed by atoms with E-state index in [1.807, 2.05) is 32.9 Å². The maximum atomic E-state index is 12.5. The average molecular weight is 372 g/mol. The van der Waals surface area contributed by atoms with E-state index in [1.54, 1.807) is 6.92 Å². The number of rotatable bonds is 6. The Bertz CT molecular complexity index is 536. The Labute approximate surface area is 139 Å². The van der Waals surface area contributed by atoms with Crippen molar-refractivity contribution in [2.45, 2.75) is 33.7 Å². The van der Waals surface area contributed by atoms with E-state index in [0.717, 1.165) is 15.6 Å². The molecule has 1 aromatic carbocycles. The minimum absolute atomic E-state index is 0.0766. The number of ether oxygens (including phenoxy) is 2. The summed E-state index contributed by atoms with van der Waals surface area (Å²) in [5.41, 5.74) is 2.51. The summed E-state index contributed by atoms with van der Waals surface area (Å²) >= 11 is 3.44. The zero-order valence-electron chi connectivity index (χ0n) is 13.6. The first-order valence-electron chi connectivity index (χ1n) is 7.07. The van der Waals surface area contributed by atoms with Gasteiger partial charge in [0.15, 0.2) is 0 Å². The average Bonchev–Trinajstić information content (AvgIpc) is 2.46. The van der Waals surface area contributed by atoms with Crippen LogP contribution in [0, 0.1) is 13.8 Å². The molecule has 0 saturated heterocycles. The van der Waals surface area contributed by atoms with E-state index in [-0.39, 0.29) is 12.5 Å². The van der Waals surface area contributed by atoms with Gasteiger partial charge in [-0.1, -0.05) is 15.9 Å². The minimum Gasteiger partial charge on any atom is -0.467 e. The topological polar surface area (TPSA) is 55.8 Å². The minimum atomic E-state index is -0.725. The first-order valence-corrected chi connectivity index (χ1v) is 7.87. The van der Waals surface area contributed by atoms with Gasteiger partial charge in [0.1, 0.15) is 12.6 Å². The number of methoxy groups -OCH3 is 1. The molecule has 0 spiro atoms. The largest absolute Gasteiger partial charge is 0.467 e. The lowest BCUT2D eigenvalue weighted by Gasteiger charge is -2.30. The van der Waals surface area contributed by atoms with E-state index in [9.17, 15) is 9.59 Å². The molecule has 0 aliphatic heterocycles. The lowest BCUT2D eigenvalue weighted by molar-refractivity contribution is -0.143. The molecule has 0 radical (unpaired) electrons. The van der Waals surface area contributed by atoms with E-state index in [4.69, 9.17) is 9.47 Å². The van der Waals surface area contributed by atoms with Gasteiger partial charge in [-0.15, -0.1) is 0 Å². The second-order valence-electron chi connectivity index (χ2n) is 4.99. The number of anilines is 1. The third-order valence-electron chi connectivity index (χ3n) is 3.32. The molecule has 0 aliphatic rings. The van der Waals surface area contributed by atoms with E-state index in [2.05, 4.69) is 15.9 Å². The Hall–Kier alpha value is -1.40. The fourth-order valence-electron chi connectivity index (χ4n) is 2.35. The summed E-state index contributed by atoms with van der Waals surface area (Å²) in [6, 6.07) is 3.09. The van der Waals surface area contributed by atoms with Crippen molar-refractivity contribution < 1.29 is 19.1 Å². The zero-order valence-corrected chi connectivity index (χ0v) is 15.2. The van der Waals surface area contributed by atoms with Gasteiger partial charge in [-0.25, -0.2) is 4.79 Å². The normalized spacial score (nSPS) is 11.9. The molecule has 0 N–H and O–H groups in total. The number of esters is 1. The van der Waals surface area contributed by atoms with E-state index >= 15 is 0 Å². The monoisotopic (exact) mass is 371 g/mol. The van der Waals surface area contributed by atoms with Crippen LogP contribution in [0.15, 0.2) is 16.6 Å². The molecule has 1 aromatic rings. The van der Waals surface area contributed by atoms with Gasteiger partial charge < -0.3 is 9.47 Å². The zero-order chi connectivity index (χ0) is 16.9. The Balaban J connectivity index is 3.31. The second kappa shape index (κ2) is 8.29. The van der Waals surface area contributed by atoms with Gasteiger partial charge in [-0.05, 0) is 51.0 Å². The number of amides is 1. The van der Waals surface area contributed by atoms with Gasteiger partial charge in [-0.2, -0.15) is 0 Å². The standard InChI is InChI=1S/C16H22BrNO4/c1-6-22-9-14(19)18(12(4)16(20)21-5)15-10(2)7-13(17)8-11(15)3/h7-8,12H,6,9H2,1-5H3. The smallest absolute Gasteiger partial charge is 0.328 e. The highest BCUT2D eigenvalue weighted by Gasteiger charge is 2.30. The van der Waals surface area contributed by atoms with Crippen LogP contribution in [-0.4, -0.2) is 38.2 Å². The number of benzene rings is 1. The van der Waals surface area contributed by atoms with Crippen molar-refractivity contribution in [1.29, 1.82) is 0 Å². The van der Waals surface area contributed by atoms with E-state index < -0.39 is 12.0 Å². The second-order valence-corrected chi connectivity index (χ2v) is 5.90. The molecule has 0 heterocycles. The Morgan fingerprint density at radius 2 is 1.82 bits per heavy atom. The maximum Gasteiger partial charge on any atom is 0.328 e. The quantitative estimate of drug-likeness (QED) is 0.721. The summed E-state index contributed by atoms with van der Waals surface area (Å²) in [5, 5.41) is 0. The van der Waals surface area contributed by atoms with Crippen LogP contribution >= 0.6 is 15.9 Å². The third kappa shape index (κ3) is 4.30. The number of nitrogens with zero attached hydrogens (tertiary/aromatic N) is 1. The van der Waals surface area contributed by atoms with E-state index in [0.29, 0.717) is 12.3 Å². The first-order chi connectivity index (χ1) is 10.3. The number of carbonyl (C=O) groups is 2. The Morgan fingerprint density at radius 3 is 2.27 bits per heavy atom. The first kappa shape index (κ1) is 18.6. The van der Waals surface area contributed by atoms with Crippen LogP contribution in [0.2, 0.25) is 0 Å². The summed E-state index contributed by atoms with van der Waals surface area (Å²) in [6.07, 6.45) is 0. The fourth-order valence-corrected chi connectivity index (χ4v) is 3.04. The highest BCUT2D eigenvalue weighted by atomic mass is 79.9. The maximum absolute atomic E-state index is 12.5. The summed E-state index contributed by atoms with van der Waals surface area (Å²) < 4.78 is 10.9. The van der Waals surface area contributed by atoms with Gasteiger partial charge in [0, 0.05) is 11.1 Å². The molecule has 122 valence electrons. The van der Waals surface area contributed by atoms with Crippen molar-refractivity contribution in [3.05, 3.63) is 27.7 Å². The van der Waals surface area contributed by atoms with Crippen LogP contribution in [0.3, 0.4) is 0 Å². The van der Waals surface area contributed by atoms with Gasteiger partial charge in [0.25, 0.3) is 5.91 Å². The van der Waals surface area contributed by atoms with Crippen molar-refractivity contribution in [2.75, 3.05) is 25.2 Å². The van der Waals surface area contributed by atoms with Crippen LogP contribution in [0.25, 0.3) is 0 Å². The predicted octanol–water partition coefficient (Wildman–Crippen LogP) is 3.00. The van der Waals surface area contributed by atoms with Gasteiger partial charge >= 0.3 is 5.97 Å². The number of aryl methyl sites for hydroxylation is 2. The fraction of sp³-hybridized carbons (Fsp3) is 0.500. The molecule has 6 heteroatoms. The van der Waals surface area contributed by atoms with Crippen LogP contribution in [0.5, 0.6) is 0 Å². The molecule has 1 rings (SSSR count). The van der Waals surface area contributed by atoms with Crippen molar-refractivity contribution in [1.82, 2.24) is 0 Å². The van der Waals surface area contributed by atoms with Crippen molar-refractivity contribution >= 4 is 33.5 Å². The van der Waals surface area contributed by atoms with Crippen LogP contribution in [0.4, 0.5) is 5.69 Å². The molecule has 1 atom stereocenters. The van der Waals surface area contributed by atoms with Gasteiger partial charge in [-0.3, -0.25) is 9.69 Å². The lowest BCUT2D eigenvalue weighted by atomic mass is 10.1. The lowest BCUT2D eigenvalue weighted by Crippen LogP contribution is -2.46. The van der Waals surface area contributed by atoms with Crippen molar-refractivity contribution in [2.24, 2.45) is 0 Å². The Morgan fingerprint density at radius 1 is 1.27 bits per heavy atom. The summed E-state index contributed by atoms with van der Waals surface area (Å²) in [4.78, 5) is 25.9.